The van der Waals surface area contributed by atoms with E-state index in [2.05, 4.69) is 100 Å². The van der Waals surface area contributed by atoms with E-state index in [1.807, 2.05) is 42.5 Å². The highest BCUT2D eigenvalue weighted by molar-refractivity contribution is 6.14. The number of hydrogen-bond donors (Lipinski definition) is 0. The van der Waals surface area contributed by atoms with E-state index < -0.39 is 0 Å². The number of nitriles is 2. The van der Waals surface area contributed by atoms with Crippen LogP contribution in [0.4, 0.5) is 0 Å². The van der Waals surface area contributed by atoms with Crippen LogP contribution in [0.15, 0.2) is 126 Å². The van der Waals surface area contributed by atoms with E-state index >= 15 is 0 Å². The Balaban J connectivity index is 1.33. The summed E-state index contributed by atoms with van der Waals surface area (Å²) in [6.45, 7) is 0. The van der Waals surface area contributed by atoms with Gasteiger partial charge in [0, 0.05) is 38.0 Å². The molecule has 0 aliphatic rings. The van der Waals surface area contributed by atoms with Gasteiger partial charge in [0.15, 0.2) is 5.58 Å². The zero-order valence-corrected chi connectivity index (χ0v) is 22.7. The van der Waals surface area contributed by atoms with E-state index in [9.17, 15) is 10.5 Å². The summed E-state index contributed by atoms with van der Waals surface area (Å²) in [5.74, 6) is 0. The summed E-state index contributed by atoms with van der Waals surface area (Å²) in [6.07, 6.45) is 0. The van der Waals surface area contributed by atoms with Crippen molar-refractivity contribution in [2.45, 2.75) is 0 Å². The quantitative estimate of drug-likeness (QED) is 0.216. The lowest BCUT2D eigenvalue weighted by Crippen LogP contribution is -1.94. The molecule has 0 aliphatic carbocycles. The summed E-state index contributed by atoms with van der Waals surface area (Å²) in [5.41, 5.74) is 9.01. The molecule has 43 heavy (non-hydrogen) atoms. The Hall–Kier alpha value is -6.30. The second-order valence-corrected chi connectivity index (χ2v) is 10.8. The molecule has 0 amide bonds. The fraction of sp³-hybridized carbons (Fsp3) is 0. The number of aromatic nitrogens is 2. The van der Waals surface area contributed by atoms with Crippen LogP contribution < -0.4 is 0 Å². The molecule has 0 atom stereocenters. The van der Waals surface area contributed by atoms with Crippen LogP contribution in [0.2, 0.25) is 0 Å². The highest BCUT2D eigenvalue weighted by Crippen LogP contribution is 2.40. The molecule has 0 saturated carbocycles. The van der Waals surface area contributed by atoms with Crippen LogP contribution in [0, 0.1) is 22.7 Å². The lowest BCUT2D eigenvalue weighted by atomic mass is 10.1. The average Bonchev–Trinajstić information content (AvgIpc) is 3.71. The predicted molar refractivity (Wildman–Crippen MR) is 172 cm³/mol. The van der Waals surface area contributed by atoms with Gasteiger partial charge in [0.2, 0.25) is 0 Å². The lowest BCUT2D eigenvalue weighted by molar-refractivity contribution is 0.666. The van der Waals surface area contributed by atoms with Crippen molar-refractivity contribution in [1.82, 2.24) is 9.13 Å². The maximum absolute atomic E-state index is 9.58. The van der Waals surface area contributed by atoms with E-state index in [1.165, 1.54) is 10.8 Å². The topological polar surface area (TPSA) is 70.6 Å². The van der Waals surface area contributed by atoms with Crippen LogP contribution in [-0.2, 0) is 0 Å². The summed E-state index contributed by atoms with van der Waals surface area (Å²) >= 11 is 0. The molecule has 0 saturated heterocycles. The Morgan fingerprint density at radius 3 is 1.67 bits per heavy atom. The molecule has 0 N–H and O–H groups in total. The highest BCUT2D eigenvalue weighted by Gasteiger charge is 2.19. The minimum Gasteiger partial charge on any atom is -0.454 e. The first kappa shape index (κ1) is 23.4. The Morgan fingerprint density at radius 1 is 0.465 bits per heavy atom. The van der Waals surface area contributed by atoms with Crippen LogP contribution in [0.5, 0.6) is 0 Å². The molecule has 198 valence electrons. The molecule has 0 bridgehead atoms. The number of nitrogens with zero attached hydrogens (tertiary/aromatic N) is 4. The molecule has 9 aromatic rings. The first-order valence-electron chi connectivity index (χ1n) is 14.1. The second-order valence-electron chi connectivity index (χ2n) is 10.8. The van der Waals surface area contributed by atoms with Crippen LogP contribution in [0.3, 0.4) is 0 Å². The van der Waals surface area contributed by atoms with E-state index in [0.717, 1.165) is 66.2 Å². The van der Waals surface area contributed by atoms with Gasteiger partial charge in [-0.05, 0) is 72.8 Å². The molecule has 0 unspecified atom stereocenters. The molecule has 3 heterocycles. The number of rotatable bonds is 2. The SMILES string of the molecule is N#Cc1ccc2c(c1)c1cc(C#N)ccc1n2-c1ccc2oc3c(-n4c5ccccc5c5ccccc54)cccc3c2c1. The van der Waals surface area contributed by atoms with E-state index in [0.29, 0.717) is 11.1 Å². The summed E-state index contributed by atoms with van der Waals surface area (Å²) in [6, 6.07) is 45.5. The molecule has 0 spiro atoms. The van der Waals surface area contributed by atoms with E-state index in [1.54, 1.807) is 0 Å². The third-order valence-electron chi connectivity index (χ3n) is 8.56. The van der Waals surface area contributed by atoms with Gasteiger partial charge in [-0.25, -0.2) is 0 Å². The second kappa shape index (κ2) is 8.60. The number of hydrogen-bond acceptors (Lipinski definition) is 3. The normalized spacial score (nSPS) is 11.7. The van der Waals surface area contributed by atoms with Crippen molar-refractivity contribution in [3.05, 3.63) is 132 Å². The monoisotopic (exact) mass is 548 g/mol. The first-order chi connectivity index (χ1) is 21.2. The number of para-hydroxylation sites is 3. The van der Waals surface area contributed by atoms with Gasteiger partial charge in [0.25, 0.3) is 0 Å². The zero-order valence-electron chi connectivity index (χ0n) is 22.7. The van der Waals surface area contributed by atoms with Gasteiger partial charge in [-0.1, -0.05) is 48.5 Å². The Bertz CT molecular complexity index is 2580. The van der Waals surface area contributed by atoms with Gasteiger partial charge in [0.1, 0.15) is 5.58 Å². The fourth-order valence-corrected chi connectivity index (χ4v) is 6.71. The van der Waals surface area contributed by atoms with E-state index in [-0.39, 0.29) is 0 Å². The third kappa shape index (κ3) is 3.19. The average molecular weight is 549 g/mol. The van der Waals surface area contributed by atoms with Crippen LogP contribution >= 0.6 is 0 Å². The molecule has 0 radical (unpaired) electrons. The van der Waals surface area contributed by atoms with Crippen LogP contribution in [0.25, 0.3) is 76.9 Å². The zero-order chi connectivity index (χ0) is 28.7. The van der Waals surface area contributed by atoms with Crippen molar-refractivity contribution < 1.29 is 4.42 Å². The van der Waals surface area contributed by atoms with Crippen molar-refractivity contribution in [1.29, 1.82) is 10.5 Å². The summed E-state index contributed by atoms with van der Waals surface area (Å²) in [5, 5.41) is 25.5. The Kier molecular flexibility index (Phi) is 4.68. The largest absolute Gasteiger partial charge is 0.454 e. The van der Waals surface area contributed by atoms with Crippen molar-refractivity contribution >= 4 is 65.6 Å². The molecule has 5 nitrogen and oxygen atoms in total. The minimum atomic E-state index is 0.586. The lowest BCUT2D eigenvalue weighted by Gasteiger charge is -2.08. The maximum atomic E-state index is 9.58. The van der Waals surface area contributed by atoms with E-state index in [4.69, 9.17) is 4.42 Å². The van der Waals surface area contributed by atoms with Gasteiger partial charge in [-0.15, -0.1) is 0 Å². The number of furan rings is 1. The molecule has 0 fully saturated rings. The van der Waals surface area contributed by atoms with Gasteiger partial charge in [-0.2, -0.15) is 10.5 Å². The molecule has 6 aromatic carbocycles. The third-order valence-corrected chi connectivity index (χ3v) is 8.56. The molecular formula is C38H20N4O. The van der Waals surface area contributed by atoms with Crippen molar-refractivity contribution in [2.75, 3.05) is 0 Å². The highest BCUT2D eigenvalue weighted by atomic mass is 16.3. The number of fused-ring (bicyclic) bond motifs is 9. The Morgan fingerprint density at radius 2 is 1.05 bits per heavy atom. The van der Waals surface area contributed by atoms with Gasteiger partial charge >= 0.3 is 0 Å². The first-order valence-corrected chi connectivity index (χ1v) is 14.1. The van der Waals surface area contributed by atoms with Gasteiger partial charge in [0.05, 0.1) is 51.0 Å². The van der Waals surface area contributed by atoms with Crippen molar-refractivity contribution in [2.24, 2.45) is 0 Å². The summed E-state index contributed by atoms with van der Waals surface area (Å²) in [4.78, 5) is 0. The Labute approximate surface area is 245 Å². The van der Waals surface area contributed by atoms with Crippen molar-refractivity contribution in [3.63, 3.8) is 0 Å². The standard InChI is InChI=1S/C38H20N4O/c39-21-23-12-15-34-29(18-23)30-19-24(22-40)13-16-35(30)41(34)25-14-17-37-31(20-25)28-8-5-11-36(38(28)43-37)42-32-9-3-1-6-26(32)27-7-2-4-10-33(27)42/h1-20H. The molecule has 3 aromatic heterocycles. The summed E-state index contributed by atoms with van der Waals surface area (Å²) < 4.78 is 11.1. The molecule has 5 heteroatoms. The maximum Gasteiger partial charge on any atom is 0.159 e. The van der Waals surface area contributed by atoms with Crippen LogP contribution in [0.1, 0.15) is 11.1 Å². The molecular weight excluding hydrogens is 528 g/mol. The smallest absolute Gasteiger partial charge is 0.159 e. The predicted octanol–water partition coefficient (Wildman–Crippen LogP) is 9.52. The number of benzene rings is 6. The van der Waals surface area contributed by atoms with Gasteiger partial charge in [-0.3, -0.25) is 0 Å². The molecule has 9 rings (SSSR count). The van der Waals surface area contributed by atoms with Crippen LogP contribution in [-0.4, -0.2) is 9.13 Å². The fourth-order valence-electron chi connectivity index (χ4n) is 6.71. The minimum absolute atomic E-state index is 0.586. The van der Waals surface area contributed by atoms with Crippen molar-refractivity contribution in [3.8, 4) is 23.5 Å². The summed E-state index contributed by atoms with van der Waals surface area (Å²) in [7, 11) is 0. The van der Waals surface area contributed by atoms with Gasteiger partial charge < -0.3 is 13.6 Å². The molecule has 0 aliphatic heterocycles.